The predicted molar refractivity (Wildman–Crippen MR) is 114 cm³/mol. The van der Waals surface area contributed by atoms with Crippen LogP contribution in [0.25, 0.3) is 0 Å². The molecular weight excluding hydrogens is 352 g/mol. The van der Waals surface area contributed by atoms with Gasteiger partial charge in [-0.15, -0.1) is 0 Å². The van der Waals surface area contributed by atoms with E-state index >= 15 is 0 Å². The van der Waals surface area contributed by atoms with Crippen molar-refractivity contribution in [3.63, 3.8) is 0 Å². The number of hydrogen-bond acceptors (Lipinski definition) is 4. The number of benzene rings is 1. The molecule has 1 aromatic carbocycles. The summed E-state index contributed by atoms with van der Waals surface area (Å²) in [6.07, 6.45) is 3.75. The van der Waals surface area contributed by atoms with Crippen LogP contribution in [0.15, 0.2) is 23.2 Å². The number of nitrogens with one attached hydrogen (secondary N) is 2. The van der Waals surface area contributed by atoms with Crippen molar-refractivity contribution in [2.24, 2.45) is 4.99 Å². The zero-order chi connectivity index (χ0) is 19.8. The molecule has 6 heteroatoms. The monoisotopic (exact) mass is 388 g/mol. The molecule has 2 heterocycles. The molecule has 2 aliphatic rings. The first-order chi connectivity index (χ1) is 13.6. The van der Waals surface area contributed by atoms with Crippen LogP contribution in [0.4, 0.5) is 0 Å². The predicted octanol–water partition coefficient (Wildman–Crippen LogP) is 2.22. The van der Waals surface area contributed by atoms with Gasteiger partial charge in [0.25, 0.3) is 0 Å². The highest BCUT2D eigenvalue weighted by Crippen LogP contribution is 2.25. The number of aliphatic imine (C=N–C) groups is 1. The number of nitrogens with zero attached hydrogens (tertiary/aromatic N) is 2. The van der Waals surface area contributed by atoms with E-state index < -0.39 is 0 Å². The third-order valence-corrected chi connectivity index (χ3v) is 5.20. The molecule has 156 valence electrons. The van der Waals surface area contributed by atoms with Crippen molar-refractivity contribution in [1.82, 2.24) is 15.5 Å². The van der Waals surface area contributed by atoms with Crippen molar-refractivity contribution in [2.75, 3.05) is 45.9 Å². The van der Waals surface area contributed by atoms with Crippen LogP contribution in [0, 0.1) is 0 Å². The Balaban J connectivity index is 1.39. The highest BCUT2D eigenvalue weighted by atomic mass is 16.5. The Bertz CT molecular complexity index is 639. The fraction of sp³-hybridized carbons (Fsp3) is 0.682. The number of guanidine groups is 1. The summed E-state index contributed by atoms with van der Waals surface area (Å²) < 4.78 is 11.4. The average Bonchev–Trinajstić information content (AvgIpc) is 3.12. The Kier molecular flexibility index (Phi) is 7.98. The molecule has 0 radical (unpaired) electrons. The third kappa shape index (κ3) is 6.38. The van der Waals surface area contributed by atoms with Gasteiger partial charge >= 0.3 is 0 Å². The second-order valence-electron chi connectivity index (χ2n) is 7.85. The van der Waals surface area contributed by atoms with Gasteiger partial charge in [-0.05, 0) is 50.8 Å². The van der Waals surface area contributed by atoms with E-state index in [9.17, 15) is 0 Å². The molecule has 6 nitrogen and oxygen atoms in total. The molecule has 0 aromatic heterocycles. The van der Waals surface area contributed by atoms with E-state index in [1.807, 2.05) is 0 Å². The smallest absolute Gasteiger partial charge is 0.191 e. The minimum Gasteiger partial charge on any atom is -0.493 e. The van der Waals surface area contributed by atoms with Gasteiger partial charge < -0.3 is 20.1 Å². The van der Waals surface area contributed by atoms with Crippen LogP contribution >= 0.6 is 0 Å². The highest BCUT2D eigenvalue weighted by Gasteiger charge is 2.21. The van der Waals surface area contributed by atoms with E-state index in [0.29, 0.717) is 12.2 Å². The first-order valence-corrected chi connectivity index (χ1v) is 10.8. The summed E-state index contributed by atoms with van der Waals surface area (Å²) in [4.78, 5) is 7.23. The first kappa shape index (κ1) is 20.9. The minimum atomic E-state index is 0.331. The summed E-state index contributed by atoms with van der Waals surface area (Å²) in [5.74, 6) is 1.96. The summed E-state index contributed by atoms with van der Waals surface area (Å²) in [7, 11) is 0. The van der Waals surface area contributed by atoms with Gasteiger partial charge in [0.05, 0.1) is 18.8 Å². The van der Waals surface area contributed by atoms with Gasteiger partial charge in [-0.3, -0.25) is 9.89 Å². The van der Waals surface area contributed by atoms with Crippen molar-refractivity contribution in [1.29, 1.82) is 0 Å². The van der Waals surface area contributed by atoms with E-state index in [-0.39, 0.29) is 0 Å². The zero-order valence-corrected chi connectivity index (χ0v) is 17.7. The van der Waals surface area contributed by atoms with Crippen LogP contribution in [-0.2, 0) is 17.6 Å². The molecular formula is C22H36N4O2. The van der Waals surface area contributed by atoms with Gasteiger partial charge in [-0.1, -0.05) is 12.1 Å². The van der Waals surface area contributed by atoms with E-state index in [2.05, 4.69) is 54.5 Å². The second-order valence-corrected chi connectivity index (χ2v) is 7.85. The Morgan fingerprint density at radius 3 is 2.82 bits per heavy atom. The Labute approximate surface area is 169 Å². The lowest BCUT2D eigenvalue weighted by Gasteiger charge is -2.35. The molecule has 1 saturated heterocycles. The van der Waals surface area contributed by atoms with E-state index in [1.165, 1.54) is 11.1 Å². The maximum atomic E-state index is 5.80. The fourth-order valence-corrected chi connectivity index (χ4v) is 4.01. The van der Waals surface area contributed by atoms with Crippen LogP contribution in [0.3, 0.4) is 0 Å². The molecule has 1 aromatic rings. The van der Waals surface area contributed by atoms with Gasteiger partial charge in [-0.25, -0.2) is 0 Å². The van der Waals surface area contributed by atoms with Gasteiger partial charge in [0.15, 0.2) is 5.96 Å². The Hall–Kier alpha value is -1.79. The zero-order valence-electron chi connectivity index (χ0n) is 17.7. The number of rotatable bonds is 8. The van der Waals surface area contributed by atoms with E-state index in [1.54, 1.807) is 0 Å². The lowest BCUT2D eigenvalue weighted by Crippen LogP contribution is -2.45. The first-order valence-electron chi connectivity index (χ1n) is 10.8. The van der Waals surface area contributed by atoms with Crippen LogP contribution in [0.2, 0.25) is 0 Å². The molecule has 0 saturated carbocycles. The number of fused-ring (bicyclic) bond motifs is 1. The Morgan fingerprint density at radius 2 is 2.04 bits per heavy atom. The standard InChI is InChI=1S/C22H36N4O2/c1-4-23-22(24-10-5-12-26-15-17(2)28-18(3)16-26)25-11-8-19-6-7-21-20(14-19)9-13-27-21/h6-7,14,17-18H,4-5,8-13,15-16H2,1-3H3,(H2,23,24,25). The lowest BCUT2D eigenvalue weighted by atomic mass is 10.1. The quantitative estimate of drug-likeness (QED) is 0.406. The molecule has 0 spiro atoms. The van der Waals surface area contributed by atoms with E-state index in [0.717, 1.165) is 76.8 Å². The fourth-order valence-electron chi connectivity index (χ4n) is 4.01. The molecule has 0 aliphatic carbocycles. The number of ether oxygens (including phenoxy) is 2. The molecule has 0 bridgehead atoms. The molecule has 2 atom stereocenters. The van der Waals surface area contributed by atoms with Gasteiger partial charge in [0.2, 0.25) is 0 Å². The van der Waals surface area contributed by atoms with Crippen molar-refractivity contribution < 1.29 is 9.47 Å². The highest BCUT2D eigenvalue weighted by molar-refractivity contribution is 5.79. The van der Waals surface area contributed by atoms with Crippen LogP contribution < -0.4 is 15.4 Å². The van der Waals surface area contributed by atoms with Crippen molar-refractivity contribution in [3.05, 3.63) is 29.3 Å². The van der Waals surface area contributed by atoms with Crippen LogP contribution in [0.5, 0.6) is 5.75 Å². The number of morpholine rings is 1. The normalized spacial score (nSPS) is 22.6. The summed E-state index contributed by atoms with van der Waals surface area (Å²) in [5, 5.41) is 6.81. The summed E-state index contributed by atoms with van der Waals surface area (Å²) >= 11 is 0. The molecule has 1 fully saturated rings. The van der Waals surface area contributed by atoms with Crippen LogP contribution in [0.1, 0.15) is 38.3 Å². The maximum absolute atomic E-state index is 5.80. The number of hydrogen-bond donors (Lipinski definition) is 2. The molecule has 28 heavy (non-hydrogen) atoms. The minimum absolute atomic E-state index is 0.331. The van der Waals surface area contributed by atoms with Gasteiger partial charge in [-0.2, -0.15) is 0 Å². The van der Waals surface area contributed by atoms with E-state index in [4.69, 9.17) is 14.5 Å². The molecule has 3 rings (SSSR count). The summed E-state index contributed by atoms with van der Waals surface area (Å²) in [6.45, 7) is 13.0. The molecule has 2 aliphatic heterocycles. The molecule has 2 N–H and O–H groups in total. The van der Waals surface area contributed by atoms with Crippen molar-refractivity contribution in [2.45, 2.75) is 52.2 Å². The maximum Gasteiger partial charge on any atom is 0.191 e. The average molecular weight is 389 g/mol. The van der Waals surface area contributed by atoms with Gasteiger partial charge in [0.1, 0.15) is 5.75 Å². The molecule has 0 amide bonds. The van der Waals surface area contributed by atoms with Crippen molar-refractivity contribution >= 4 is 5.96 Å². The second kappa shape index (κ2) is 10.7. The molecule has 2 unspecified atom stereocenters. The third-order valence-electron chi connectivity index (χ3n) is 5.20. The van der Waals surface area contributed by atoms with Gasteiger partial charge in [0, 0.05) is 45.7 Å². The topological polar surface area (TPSA) is 58.1 Å². The SMILES string of the molecule is CCNC(=NCCCN1CC(C)OC(C)C1)NCCc1ccc2c(c1)CCO2. The largest absolute Gasteiger partial charge is 0.493 e. The summed E-state index contributed by atoms with van der Waals surface area (Å²) in [6, 6.07) is 6.54. The summed E-state index contributed by atoms with van der Waals surface area (Å²) in [5.41, 5.74) is 2.69. The lowest BCUT2D eigenvalue weighted by molar-refractivity contribution is -0.0679. The van der Waals surface area contributed by atoms with Crippen LogP contribution in [-0.4, -0.2) is 68.9 Å². The Morgan fingerprint density at radius 1 is 1.21 bits per heavy atom. The van der Waals surface area contributed by atoms with Crippen molar-refractivity contribution in [3.8, 4) is 5.75 Å².